The van der Waals surface area contributed by atoms with E-state index in [1.54, 1.807) is 23.1 Å². The van der Waals surface area contributed by atoms with Crippen LogP contribution in [0.5, 0.6) is 0 Å². The van der Waals surface area contributed by atoms with E-state index in [0.717, 1.165) is 16.8 Å². The van der Waals surface area contributed by atoms with Crippen molar-refractivity contribution in [3.8, 4) is 0 Å². The Morgan fingerprint density at radius 1 is 1.15 bits per heavy atom. The van der Waals surface area contributed by atoms with E-state index in [0.29, 0.717) is 28.1 Å². The molecule has 2 aromatic rings. The highest BCUT2D eigenvalue weighted by Crippen LogP contribution is 2.29. The van der Waals surface area contributed by atoms with E-state index in [2.05, 4.69) is 15.9 Å². The molecule has 1 amide bonds. The van der Waals surface area contributed by atoms with Crippen molar-refractivity contribution in [2.24, 2.45) is 0 Å². The molecule has 0 radical (unpaired) electrons. The summed E-state index contributed by atoms with van der Waals surface area (Å²) >= 11 is 9.29. The van der Waals surface area contributed by atoms with E-state index >= 15 is 0 Å². The molecule has 0 aromatic heterocycles. The van der Waals surface area contributed by atoms with Crippen molar-refractivity contribution in [1.29, 1.82) is 0 Å². The fourth-order valence-corrected chi connectivity index (χ4v) is 3.24. The van der Waals surface area contributed by atoms with Crippen LogP contribution in [0.4, 0.5) is 5.69 Å². The molecule has 5 heteroatoms. The summed E-state index contributed by atoms with van der Waals surface area (Å²) in [6, 6.07) is 11.0. The SMILES string of the molecule is Nc1ccc2c(c1)CN(C(=O)c1ccc(Cl)cc1Br)C2. The maximum Gasteiger partial charge on any atom is 0.255 e. The van der Waals surface area contributed by atoms with E-state index in [9.17, 15) is 4.79 Å². The largest absolute Gasteiger partial charge is 0.399 e. The molecule has 2 N–H and O–H groups in total. The highest BCUT2D eigenvalue weighted by Gasteiger charge is 2.25. The quantitative estimate of drug-likeness (QED) is 0.793. The van der Waals surface area contributed by atoms with Gasteiger partial charge in [-0.3, -0.25) is 4.79 Å². The Kier molecular flexibility index (Phi) is 3.44. The number of amides is 1. The first-order valence-corrected chi connectivity index (χ1v) is 7.33. The molecule has 1 aliphatic rings. The van der Waals surface area contributed by atoms with Gasteiger partial charge in [0.25, 0.3) is 5.91 Å². The fourth-order valence-electron chi connectivity index (χ4n) is 2.39. The van der Waals surface area contributed by atoms with Crippen LogP contribution in [0.2, 0.25) is 5.02 Å². The molecule has 1 aliphatic heterocycles. The van der Waals surface area contributed by atoms with Gasteiger partial charge in [-0.2, -0.15) is 0 Å². The van der Waals surface area contributed by atoms with Gasteiger partial charge in [0, 0.05) is 28.3 Å². The fraction of sp³-hybridized carbons (Fsp3) is 0.133. The van der Waals surface area contributed by atoms with Crippen LogP contribution >= 0.6 is 27.5 Å². The Morgan fingerprint density at radius 3 is 2.65 bits per heavy atom. The molecular weight excluding hydrogens is 340 g/mol. The number of rotatable bonds is 1. The molecule has 0 saturated carbocycles. The summed E-state index contributed by atoms with van der Waals surface area (Å²) in [4.78, 5) is 14.4. The van der Waals surface area contributed by atoms with Crippen LogP contribution in [0.15, 0.2) is 40.9 Å². The van der Waals surface area contributed by atoms with E-state index in [1.165, 1.54) is 0 Å². The van der Waals surface area contributed by atoms with Gasteiger partial charge in [-0.1, -0.05) is 17.7 Å². The first-order valence-electron chi connectivity index (χ1n) is 6.16. The van der Waals surface area contributed by atoms with Gasteiger partial charge in [0.15, 0.2) is 0 Å². The van der Waals surface area contributed by atoms with E-state index in [4.69, 9.17) is 17.3 Å². The predicted octanol–water partition coefficient (Wildman–Crippen LogP) is 3.84. The van der Waals surface area contributed by atoms with Crippen LogP contribution in [0.3, 0.4) is 0 Å². The number of fused-ring (bicyclic) bond motifs is 1. The normalized spacial score (nSPS) is 13.4. The molecule has 0 atom stereocenters. The minimum atomic E-state index is -0.0108. The third kappa shape index (κ3) is 2.41. The number of nitrogens with zero attached hydrogens (tertiary/aromatic N) is 1. The van der Waals surface area contributed by atoms with Crippen LogP contribution in [0.1, 0.15) is 21.5 Å². The molecule has 0 spiro atoms. The summed E-state index contributed by atoms with van der Waals surface area (Å²) in [6.45, 7) is 1.21. The van der Waals surface area contributed by atoms with Crippen LogP contribution in [-0.4, -0.2) is 10.8 Å². The molecule has 0 unspecified atom stereocenters. The van der Waals surface area contributed by atoms with Gasteiger partial charge in [0.2, 0.25) is 0 Å². The molecule has 1 heterocycles. The van der Waals surface area contributed by atoms with Crippen molar-refractivity contribution in [2.45, 2.75) is 13.1 Å². The number of benzene rings is 2. The van der Waals surface area contributed by atoms with Crippen molar-refractivity contribution in [3.63, 3.8) is 0 Å². The van der Waals surface area contributed by atoms with Crippen LogP contribution in [-0.2, 0) is 13.1 Å². The Hall–Kier alpha value is -1.52. The van der Waals surface area contributed by atoms with Crippen molar-refractivity contribution >= 4 is 39.1 Å². The summed E-state index contributed by atoms with van der Waals surface area (Å²) in [7, 11) is 0. The second-order valence-electron chi connectivity index (χ2n) is 4.81. The number of halogens is 2. The molecule has 0 fully saturated rings. The van der Waals surface area contributed by atoms with Crippen LogP contribution < -0.4 is 5.73 Å². The number of nitrogen functional groups attached to an aromatic ring is 1. The summed E-state index contributed by atoms with van der Waals surface area (Å²) in [5.74, 6) is -0.0108. The van der Waals surface area contributed by atoms with E-state index in [1.807, 2.05) is 18.2 Å². The number of hydrogen-bond acceptors (Lipinski definition) is 2. The molecule has 102 valence electrons. The second kappa shape index (κ2) is 5.11. The highest BCUT2D eigenvalue weighted by molar-refractivity contribution is 9.10. The lowest BCUT2D eigenvalue weighted by Crippen LogP contribution is -2.25. The average Bonchev–Trinajstić information content (AvgIpc) is 2.81. The maximum absolute atomic E-state index is 12.6. The van der Waals surface area contributed by atoms with Crippen LogP contribution in [0.25, 0.3) is 0 Å². The maximum atomic E-state index is 12.6. The number of carbonyl (C=O) groups is 1. The zero-order valence-corrected chi connectivity index (χ0v) is 12.9. The van der Waals surface area contributed by atoms with Crippen molar-refractivity contribution in [2.75, 3.05) is 5.73 Å². The molecule has 0 bridgehead atoms. The standard InChI is InChI=1S/C15H12BrClN2O/c16-14-6-11(17)2-4-13(14)15(20)19-7-9-1-3-12(18)5-10(9)8-19/h1-6H,7-8,18H2. The highest BCUT2D eigenvalue weighted by atomic mass is 79.9. The number of nitrogens with two attached hydrogens (primary N) is 1. The Bertz CT molecular complexity index is 702. The number of anilines is 1. The van der Waals surface area contributed by atoms with Crippen molar-refractivity contribution < 1.29 is 4.79 Å². The molecule has 0 aliphatic carbocycles. The van der Waals surface area contributed by atoms with E-state index < -0.39 is 0 Å². The predicted molar refractivity (Wildman–Crippen MR) is 83.6 cm³/mol. The second-order valence-corrected chi connectivity index (χ2v) is 6.10. The Balaban J connectivity index is 1.87. The number of carbonyl (C=O) groups excluding carboxylic acids is 1. The summed E-state index contributed by atoms with van der Waals surface area (Å²) in [5, 5.41) is 0.603. The minimum Gasteiger partial charge on any atom is -0.399 e. The van der Waals surface area contributed by atoms with Gasteiger partial charge >= 0.3 is 0 Å². The molecule has 3 rings (SSSR count). The van der Waals surface area contributed by atoms with Gasteiger partial charge in [-0.25, -0.2) is 0 Å². The monoisotopic (exact) mass is 350 g/mol. The average molecular weight is 352 g/mol. The zero-order chi connectivity index (χ0) is 14.3. The number of hydrogen-bond donors (Lipinski definition) is 1. The van der Waals surface area contributed by atoms with Crippen molar-refractivity contribution in [3.05, 3.63) is 62.6 Å². The molecule has 0 saturated heterocycles. The van der Waals surface area contributed by atoms with Gasteiger partial charge < -0.3 is 10.6 Å². The molecule has 20 heavy (non-hydrogen) atoms. The Labute approximate surface area is 130 Å². The lowest BCUT2D eigenvalue weighted by atomic mass is 10.1. The van der Waals surface area contributed by atoms with Crippen LogP contribution in [0, 0.1) is 0 Å². The first-order chi connectivity index (χ1) is 9.54. The first kappa shape index (κ1) is 13.5. The third-order valence-electron chi connectivity index (χ3n) is 3.40. The smallest absolute Gasteiger partial charge is 0.255 e. The topological polar surface area (TPSA) is 46.3 Å². The lowest BCUT2D eigenvalue weighted by molar-refractivity contribution is 0.0750. The van der Waals surface area contributed by atoms with Gasteiger partial charge in [0.05, 0.1) is 5.56 Å². The van der Waals surface area contributed by atoms with Gasteiger partial charge in [-0.05, 0) is 57.4 Å². The van der Waals surface area contributed by atoms with Crippen molar-refractivity contribution in [1.82, 2.24) is 4.90 Å². The van der Waals surface area contributed by atoms with Gasteiger partial charge in [0.1, 0.15) is 0 Å². The summed E-state index contributed by atoms with van der Waals surface area (Å²) in [5.41, 5.74) is 9.39. The minimum absolute atomic E-state index is 0.0108. The van der Waals surface area contributed by atoms with Gasteiger partial charge in [-0.15, -0.1) is 0 Å². The zero-order valence-electron chi connectivity index (χ0n) is 10.6. The molecule has 2 aromatic carbocycles. The third-order valence-corrected chi connectivity index (χ3v) is 4.29. The lowest BCUT2D eigenvalue weighted by Gasteiger charge is -2.16. The Morgan fingerprint density at radius 2 is 1.90 bits per heavy atom. The summed E-state index contributed by atoms with van der Waals surface area (Å²) in [6.07, 6.45) is 0. The van der Waals surface area contributed by atoms with E-state index in [-0.39, 0.29) is 5.91 Å². The molecule has 3 nitrogen and oxygen atoms in total. The summed E-state index contributed by atoms with van der Waals surface area (Å²) < 4.78 is 0.713. The molecular formula is C15H12BrClN2O.